The molecule has 2 aromatic carbocycles. The van der Waals surface area contributed by atoms with Crippen LogP contribution in [-0.4, -0.2) is 46.9 Å². The van der Waals surface area contributed by atoms with Gasteiger partial charge >= 0.3 is 0 Å². The molecular formula is C30H28N2O5S2. The lowest BCUT2D eigenvalue weighted by Crippen LogP contribution is -2.28. The number of hydrogen-bond acceptors (Lipinski definition) is 8. The fourth-order valence-electron chi connectivity index (χ4n) is 5.02. The summed E-state index contributed by atoms with van der Waals surface area (Å²) in [5.74, 6) is -0.475. The summed E-state index contributed by atoms with van der Waals surface area (Å²) in [6, 6.07) is 16.5. The summed E-state index contributed by atoms with van der Waals surface area (Å²) in [5, 5.41) is 11.8. The average Bonchev–Trinajstić information content (AvgIpc) is 3.72. The number of rotatable bonds is 8. The third-order valence-corrected chi connectivity index (χ3v) is 10.5. The second-order valence-corrected chi connectivity index (χ2v) is 13.7. The lowest BCUT2D eigenvalue weighted by molar-refractivity contribution is 0.0503. The predicted molar refractivity (Wildman–Crippen MR) is 151 cm³/mol. The Labute approximate surface area is 231 Å². The van der Waals surface area contributed by atoms with Crippen LogP contribution in [0, 0.1) is 12.8 Å². The molecule has 0 unspecified atom stereocenters. The molecule has 1 aliphatic carbocycles. The van der Waals surface area contributed by atoms with Gasteiger partial charge in [-0.3, -0.25) is 9.78 Å². The third kappa shape index (κ3) is 5.39. The smallest absolute Gasteiger partial charge is 0.178 e. The molecule has 6 rings (SSSR count). The highest BCUT2D eigenvalue weighted by atomic mass is 32.2. The van der Waals surface area contributed by atoms with Crippen molar-refractivity contribution in [3.63, 3.8) is 0 Å². The maximum Gasteiger partial charge on any atom is 0.178 e. The van der Waals surface area contributed by atoms with Gasteiger partial charge in [0.05, 0.1) is 27.8 Å². The number of pyridine rings is 1. The number of sulfone groups is 1. The molecule has 4 aromatic rings. The first-order valence-electron chi connectivity index (χ1n) is 13.0. The van der Waals surface area contributed by atoms with E-state index in [1.165, 1.54) is 0 Å². The number of aliphatic hydroxyl groups is 1. The van der Waals surface area contributed by atoms with Gasteiger partial charge in [-0.1, -0.05) is 42.5 Å². The minimum atomic E-state index is -3.42. The fourth-order valence-corrected chi connectivity index (χ4v) is 7.40. The number of aromatic nitrogens is 2. The standard InChI is InChI=1S/C30H28N2O5S2/c1-18-31-15-29(38-18)20-6-8-22(32-14-20)12-21-16-37-28-13-19(7-11-26(28)30(21)34)24-4-2-3-5-25(24)27(33)17-39(35,36)23-9-10-23/h2-8,11,13-15,21,23,30,34H,9-10,12,16-17H2,1H3/t21-,30+/m1/s1. The quantitative estimate of drug-likeness (QED) is 0.294. The number of fused-ring (bicyclic) bond motifs is 1. The van der Waals surface area contributed by atoms with Gasteiger partial charge in [0.1, 0.15) is 11.5 Å². The Morgan fingerprint density at radius 1 is 1.05 bits per heavy atom. The van der Waals surface area contributed by atoms with Gasteiger partial charge in [0.15, 0.2) is 15.6 Å². The largest absolute Gasteiger partial charge is 0.493 e. The number of ether oxygens (including phenoxy) is 1. The molecule has 3 heterocycles. The number of nitrogens with zero attached hydrogens (tertiary/aromatic N) is 2. The molecule has 200 valence electrons. The Morgan fingerprint density at radius 3 is 2.56 bits per heavy atom. The maximum absolute atomic E-state index is 13.0. The van der Waals surface area contributed by atoms with Crippen LogP contribution in [0.5, 0.6) is 5.75 Å². The van der Waals surface area contributed by atoms with Crippen LogP contribution in [0.2, 0.25) is 0 Å². The minimum absolute atomic E-state index is 0.158. The molecule has 1 saturated carbocycles. The number of Topliss-reactive ketones (excluding diaryl/α,β-unsaturated/α-hetero) is 1. The topological polar surface area (TPSA) is 106 Å². The third-order valence-electron chi connectivity index (χ3n) is 7.34. The summed E-state index contributed by atoms with van der Waals surface area (Å²) in [7, 11) is -3.42. The van der Waals surface area contributed by atoms with E-state index < -0.39 is 27.5 Å². The van der Waals surface area contributed by atoms with Crippen molar-refractivity contribution in [3.8, 4) is 27.3 Å². The highest BCUT2D eigenvalue weighted by molar-refractivity contribution is 7.93. The summed E-state index contributed by atoms with van der Waals surface area (Å²) >= 11 is 1.63. The molecule has 2 atom stereocenters. The summed E-state index contributed by atoms with van der Waals surface area (Å²) < 4.78 is 30.9. The second kappa shape index (κ2) is 10.3. The average molecular weight is 561 g/mol. The van der Waals surface area contributed by atoms with Gasteiger partial charge in [-0.2, -0.15) is 0 Å². The van der Waals surface area contributed by atoms with Crippen LogP contribution in [0.15, 0.2) is 67.0 Å². The first kappa shape index (κ1) is 25.9. The summed E-state index contributed by atoms with van der Waals surface area (Å²) in [5.41, 5.74) is 4.35. The van der Waals surface area contributed by atoms with E-state index in [1.54, 1.807) is 23.5 Å². The van der Waals surface area contributed by atoms with Gasteiger partial charge in [0, 0.05) is 40.7 Å². The lowest BCUT2D eigenvalue weighted by atomic mass is 9.88. The molecule has 39 heavy (non-hydrogen) atoms. The van der Waals surface area contributed by atoms with Crippen molar-refractivity contribution in [2.24, 2.45) is 5.92 Å². The summed E-state index contributed by atoms with van der Waals surface area (Å²) in [4.78, 5) is 23.0. The zero-order chi connectivity index (χ0) is 27.1. The molecule has 0 spiro atoms. The number of aryl methyl sites for hydroxylation is 1. The van der Waals surface area contributed by atoms with Gasteiger partial charge < -0.3 is 9.84 Å². The number of thiazole rings is 1. The highest BCUT2D eigenvalue weighted by Crippen LogP contribution is 2.40. The van der Waals surface area contributed by atoms with Gasteiger partial charge in [0.2, 0.25) is 0 Å². The molecule has 0 bridgehead atoms. The van der Waals surface area contributed by atoms with Gasteiger partial charge in [-0.05, 0) is 49.4 Å². The SMILES string of the molecule is Cc1ncc(-c2ccc(C[C@@H]3COc4cc(-c5ccccc5C(=O)CS(=O)(=O)C5CC5)ccc4[C@H]3O)nc2)s1. The first-order chi connectivity index (χ1) is 18.8. The van der Waals surface area contributed by atoms with Crippen LogP contribution in [0.1, 0.15) is 45.6 Å². The van der Waals surface area contributed by atoms with E-state index in [0.29, 0.717) is 48.3 Å². The van der Waals surface area contributed by atoms with Crippen LogP contribution in [0.4, 0.5) is 0 Å². The van der Waals surface area contributed by atoms with Crippen LogP contribution < -0.4 is 4.74 Å². The highest BCUT2D eigenvalue weighted by Gasteiger charge is 2.37. The number of carbonyl (C=O) groups is 1. The molecule has 2 aliphatic rings. The predicted octanol–water partition coefficient (Wildman–Crippen LogP) is 5.23. The number of carbonyl (C=O) groups excluding carboxylic acids is 1. The van der Waals surface area contributed by atoms with E-state index in [-0.39, 0.29) is 11.2 Å². The Hall–Kier alpha value is -3.40. The van der Waals surface area contributed by atoms with Crippen LogP contribution >= 0.6 is 11.3 Å². The Balaban J connectivity index is 1.19. The zero-order valence-electron chi connectivity index (χ0n) is 21.4. The normalized spacial score (nSPS) is 18.8. The van der Waals surface area contributed by atoms with Crippen molar-refractivity contribution in [1.29, 1.82) is 0 Å². The molecular weight excluding hydrogens is 532 g/mol. The number of benzene rings is 2. The van der Waals surface area contributed by atoms with E-state index in [4.69, 9.17) is 4.74 Å². The maximum atomic E-state index is 13.0. The van der Waals surface area contributed by atoms with Crippen molar-refractivity contribution in [2.45, 2.75) is 37.5 Å². The van der Waals surface area contributed by atoms with Crippen molar-refractivity contribution in [2.75, 3.05) is 12.4 Å². The number of aliphatic hydroxyl groups excluding tert-OH is 1. The minimum Gasteiger partial charge on any atom is -0.493 e. The van der Waals surface area contributed by atoms with Crippen LogP contribution in [0.25, 0.3) is 21.6 Å². The van der Waals surface area contributed by atoms with E-state index >= 15 is 0 Å². The fraction of sp³-hybridized carbons (Fsp3) is 0.300. The molecule has 1 N–H and O–H groups in total. The van der Waals surface area contributed by atoms with Crippen LogP contribution in [0.3, 0.4) is 0 Å². The molecule has 1 fully saturated rings. The second-order valence-electron chi connectivity index (χ2n) is 10.2. The lowest BCUT2D eigenvalue weighted by Gasteiger charge is -2.30. The summed E-state index contributed by atoms with van der Waals surface area (Å²) in [6.07, 6.45) is 4.80. The Bertz CT molecular complexity index is 1640. The van der Waals surface area contributed by atoms with Gasteiger partial charge in [-0.15, -0.1) is 11.3 Å². The Morgan fingerprint density at radius 2 is 1.85 bits per heavy atom. The van der Waals surface area contributed by atoms with E-state index in [2.05, 4.69) is 9.97 Å². The summed E-state index contributed by atoms with van der Waals surface area (Å²) in [6.45, 7) is 2.30. The number of hydrogen-bond donors (Lipinski definition) is 1. The molecule has 0 radical (unpaired) electrons. The Kier molecular flexibility index (Phi) is 6.82. The van der Waals surface area contributed by atoms with E-state index in [1.807, 2.05) is 61.8 Å². The molecule has 7 nitrogen and oxygen atoms in total. The number of ketones is 1. The van der Waals surface area contributed by atoms with Gasteiger partial charge in [-0.25, -0.2) is 13.4 Å². The molecule has 9 heteroatoms. The van der Waals surface area contributed by atoms with Crippen molar-refractivity contribution >= 4 is 27.0 Å². The molecule has 0 amide bonds. The van der Waals surface area contributed by atoms with Gasteiger partial charge in [0.25, 0.3) is 0 Å². The van der Waals surface area contributed by atoms with Crippen molar-refractivity contribution in [1.82, 2.24) is 9.97 Å². The molecule has 2 aromatic heterocycles. The monoisotopic (exact) mass is 560 g/mol. The zero-order valence-corrected chi connectivity index (χ0v) is 23.0. The van der Waals surface area contributed by atoms with E-state index in [9.17, 15) is 18.3 Å². The van der Waals surface area contributed by atoms with Crippen molar-refractivity contribution in [3.05, 3.63) is 88.8 Å². The van der Waals surface area contributed by atoms with E-state index in [0.717, 1.165) is 26.7 Å². The van der Waals surface area contributed by atoms with Crippen LogP contribution in [-0.2, 0) is 16.3 Å². The molecule has 1 aliphatic heterocycles. The first-order valence-corrected chi connectivity index (χ1v) is 15.5. The van der Waals surface area contributed by atoms with Crippen molar-refractivity contribution < 1.29 is 23.1 Å². The molecule has 0 saturated heterocycles.